The molecule has 10 heteroatoms. The fourth-order valence-corrected chi connectivity index (χ4v) is 5.73. The van der Waals surface area contributed by atoms with Gasteiger partial charge in [0.1, 0.15) is 5.75 Å². The number of rotatable bonds is 7. The van der Waals surface area contributed by atoms with Gasteiger partial charge >= 0.3 is 0 Å². The number of anilines is 1. The quantitative estimate of drug-likeness (QED) is 0.222. The molecule has 0 saturated carbocycles. The first kappa shape index (κ1) is 24.8. The van der Waals surface area contributed by atoms with Crippen molar-refractivity contribution < 1.29 is 9.53 Å². The molecule has 34 heavy (non-hydrogen) atoms. The van der Waals surface area contributed by atoms with Gasteiger partial charge in [-0.05, 0) is 105 Å². The van der Waals surface area contributed by atoms with Gasteiger partial charge in [-0.3, -0.25) is 9.36 Å². The van der Waals surface area contributed by atoms with Crippen LogP contribution >= 0.6 is 55.2 Å². The lowest BCUT2D eigenvalue weighted by Gasteiger charge is -2.12. The van der Waals surface area contributed by atoms with Crippen LogP contribution in [-0.2, 0) is 4.79 Å². The number of methoxy groups -OCH3 is 1. The van der Waals surface area contributed by atoms with Gasteiger partial charge in [-0.1, -0.05) is 23.4 Å². The Labute approximate surface area is 223 Å². The molecule has 6 nitrogen and oxygen atoms in total. The molecule has 3 aromatic carbocycles. The van der Waals surface area contributed by atoms with Crippen molar-refractivity contribution in [2.45, 2.75) is 12.1 Å². The molecule has 1 N–H and O–H groups in total. The van der Waals surface area contributed by atoms with Gasteiger partial charge in [0.05, 0.1) is 18.6 Å². The van der Waals surface area contributed by atoms with Gasteiger partial charge in [0.2, 0.25) is 5.91 Å². The highest BCUT2D eigenvalue weighted by Crippen LogP contribution is 2.33. The van der Waals surface area contributed by atoms with Crippen LogP contribution in [0.5, 0.6) is 5.75 Å². The molecule has 1 amide bonds. The van der Waals surface area contributed by atoms with Crippen LogP contribution < -0.4 is 10.1 Å². The molecule has 1 aromatic heterocycles. The Morgan fingerprint density at radius 2 is 1.71 bits per heavy atom. The number of aromatic nitrogens is 3. The summed E-state index contributed by atoms with van der Waals surface area (Å²) in [7, 11) is 1.62. The van der Waals surface area contributed by atoms with Crippen molar-refractivity contribution in [1.29, 1.82) is 0 Å². The standard InChI is InChI=1S/C24H19Br2ClN4O2S/c1-14-11-19(25)22(20(26)12-14)28-21(32)13-34-24-30-29-23(15-3-9-18(33-2)10-4-15)31(24)17-7-5-16(27)6-8-17/h3-12H,13H2,1-2H3,(H,28,32). The molecule has 0 saturated heterocycles. The zero-order chi connectivity index (χ0) is 24.2. The number of amides is 1. The zero-order valence-electron chi connectivity index (χ0n) is 18.2. The molecule has 0 bridgehead atoms. The van der Waals surface area contributed by atoms with Gasteiger partial charge in [0, 0.05) is 25.2 Å². The molecule has 174 valence electrons. The molecule has 0 unspecified atom stereocenters. The maximum absolute atomic E-state index is 12.8. The van der Waals surface area contributed by atoms with Crippen LogP contribution in [0.3, 0.4) is 0 Å². The van der Waals surface area contributed by atoms with Gasteiger partial charge < -0.3 is 10.1 Å². The van der Waals surface area contributed by atoms with Crippen molar-refractivity contribution in [3.63, 3.8) is 0 Å². The lowest BCUT2D eigenvalue weighted by molar-refractivity contribution is -0.113. The van der Waals surface area contributed by atoms with Crippen molar-refractivity contribution in [3.8, 4) is 22.8 Å². The van der Waals surface area contributed by atoms with Crippen LogP contribution in [0, 0.1) is 6.92 Å². The molecule has 0 aliphatic rings. The normalized spacial score (nSPS) is 10.9. The van der Waals surface area contributed by atoms with E-state index in [2.05, 4.69) is 47.4 Å². The van der Waals surface area contributed by atoms with Crippen molar-refractivity contribution in [2.24, 2.45) is 0 Å². The highest BCUT2D eigenvalue weighted by molar-refractivity contribution is 9.11. The first-order valence-corrected chi connectivity index (χ1v) is 13.0. The fraction of sp³-hybridized carbons (Fsp3) is 0.125. The number of ether oxygens (including phenoxy) is 1. The summed E-state index contributed by atoms with van der Waals surface area (Å²) in [5.41, 5.74) is 3.47. The minimum Gasteiger partial charge on any atom is -0.497 e. The monoisotopic (exact) mass is 620 g/mol. The van der Waals surface area contributed by atoms with Crippen molar-refractivity contribution in [1.82, 2.24) is 14.8 Å². The third-order valence-electron chi connectivity index (χ3n) is 4.85. The molecule has 4 rings (SSSR count). The van der Waals surface area contributed by atoms with Crippen LogP contribution in [0.4, 0.5) is 5.69 Å². The molecular formula is C24H19Br2ClN4O2S. The van der Waals surface area contributed by atoms with E-state index in [-0.39, 0.29) is 11.7 Å². The van der Waals surface area contributed by atoms with E-state index in [9.17, 15) is 4.79 Å². The fourth-order valence-electron chi connectivity index (χ4n) is 3.24. The number of hydrogen-bond acceptors (Lipinski definition) is 5. The molecule has 0 aliphatic carbocycles. The number of hydrogen-bond donors (Lipinski definition) is 1. The topological polar surface area (TPSA) is 69.0 Å². The van der Waals surface area contributed by atoms with Crippen molar-refractivity contribution in [2.75, 3.05) is 18.2 Å². The van der Waals surface area contributed by atoms with Crippen molar-refractivity contribution in [3.05, 3.63) is 80.2 Å². The molecule has 0 radical (unpaired) electrons. The predicted molar refractivity (Wildman–Crippen MR) is 144 cm³/mol. The lowest BCUT2D eigenvalue weighted by Crippen LogP contribution is -2.15. The van der Waals surface area contributed by atoms with Gasteiger partial charge in [-0.25, -0.2) is 0 Å². The molecule has 1 heterocycles. The van der Waals surface area contributed by atoms with Crippen molar-refractivity contribution >= 4 is 66.8 Å². The SMILES string of the molecule is COc1ccc(-c2nnc(SCC(=O)Nc3c(Br)cc(C)cc3Br)n2-c2ccc(Cl)cc2)cc1. The average molecular weight is 623 g/mol. The van der Waals surface area contributed by atoms with Gasteiger partial charge in [0.15, 0.2) is 11.0 Å². The van der Waals surface area contributed by atoms with E-state index in [4.69, 9.17) is 16.3 Å². The maximum Gasteiger partial charge on any atom is 0.234 e. The summed E-state index contributed by atoms with van der Waals surface area (Å²) in [6, 6.07) is 18.9. The Morgan fingerprint density at radius 1 is 1.06 bits per heavy atom. The molecule has 4 aromatic rings. The highest BCUT2D eigenvalue weighted by Gasteiger charge is 2.18. The summed E-state index contributed by atoms with van der Waals surface area (Å²) in [5, 5.41) is 13.0. The lowest BCUT2D eigenvalue weighted by atomic mass is 10.2. The Bertz CT molecular complexity index is 1310. The summed E-state index contributed by atoms with van der Waals surface area (Å²) in [6.45, 7) is 1.99. The second-order valence-electron chi connectivity index (χ2n) is 7.29. The Balaban J connectivity index is 1.61. The molecule has 0 aliphatic heterocycles. The van der Waals surface area contributed by atoms with Gasteiger partial charge in [0.25, 0.3) is 0 Å². The summed E-state index contributed by atoms with van der Waals surface area (Å²) < 4.78 is 8.79. The number of thioether (sulfide) groups is 1. The second kappa shape index (κ2) is 10.9. The molecule has 0 atom stereocenters. The van der Waals surface area contributed by atoms with E-state index < -0.39 is 0 Å². The van der Waals surface area contributed by atoms with Crippen LogP contribution in [0.2, 0.25) is 5.02 Å². The van der Waals surface area contributed by atoms with E-state index in [1.165, 1.54) is 11.8 Å². The van der Waals surface area contributed by atoms with Gasteiger partial charge in [-0.15, -0.1) is 10.2 Å². The third kappa shape index (κ3) is 5.66. The third-order valence-corrected chi connectivity index (χ3v) is 7.28. The predicted octanol–water partition coefficient (Wildman–Crippen LogP) is 7.16. The number of carbonyl (C=O) groups is 1. The smallest absolute Gasteiger partial charge is 0.234 e. The Hall–Kier alpha value is -2.33. The van der Waals surface area contributed by atoms with E-state index in [1.54, 1.807) is 7.11 Å². The number of nitrogens with zero attached hydrogens (tertiary/aromatic N) is 3. The average Bonchev–Trinajstić information content (AvgIpc) is 3.24. The summed E-state index contributed by atoms with van der Waals surface area (Å²) >= 11 is 14.4. The molecule has 0 fully saturated rings. The first-order chi connectivity index (χ1) is 16.4. The Kier molecular flexibility index (Phi) is 7.98. The van der Waals surface area contributed by atoms with E-state index >= 15 is 0 Å². The molecule has 0 spiro atoms. The van der Waals surface area contributed by atoms with Gasteiger partial charge in [-0.2, -0.15) is 0 Å². The van der Waals surface area contributed by atoms with E-state index in [0.29, 0.717) is 21.7 Å². The highest BCUT2D eigenvalue weighted by atomic mass is 79.9. The van der Waals surface area contributed by atoms with E-state index in [1.807, 2.05) is 72.2 Å². The number of halogens is 3. The molecular weight excluding hydrogens is 604 g/mol. The maximum atomic E-state index is 12.8. The van der Waals surface area contributed by atoms with Crippen LogP contribution in [0.1, 0.15) is 5.56 Å². The second-order valence-corrected chi connectivity index (χ2v) is 10.4. The summed E-state index contributed by atoms with van der Waals surface area (Å²) in [4.78, 5) is 12.8. The van der Waals surface area contributed by atoms with Crippen LogP contribution in [0.15, 0.2) is 74.8 Å². The van der Waals surface area contributed by atoms with Crippen LogP contribution in [0.25, 0.3) is 17.1 Å². The van der Waals surface area contributed by atoms with E-state index in [0.717, 1.165) is 31.5 Å². The Morgan fingerprint density at radius 3 is 2.32 bits per heavy atom. The number of nitrogens with one attached hydrogen (secondary N) is 1. The van der Waals surface area contributed by atoms with Crippen LogP contribution in [-0.4, -0.2) is 33.5 Å². The number of carbonyl (C=O) groups excluding carboxylic acids is 1. The first-order valence-electron chi connectivity index (χ1n) is 10.1. The minimum absolute atomic E-state index is 0.154. The largest absolute Gasteiger partial charge is 0.497 e. The zero-order valence-corrected chi connectivity index (χ0v) is 22.9. The number of aryl methyl sites for hydroxylation is 1. The summed E-state index contributed by atoms with van der Waals surface area (Å²) in [6.07, 6.45) is 0. The summed E-state index contributed by atoms with van der Waals surface area (Å²) in [5.74, 6) is 1.39. The number of benzene rings is 3. The minimum atomic E-state index is -0.160.